The van der Waals surface area contributed by atoms with Crippen LogP contribution in [0.3, 0.4) is 0 Å². The number of aliphatic hydroxyl groups is 1. The lowest BCUT2D eigenvalue weighted by Crippen LogP contribution is -2.64. The molecule has 2 bridgehead atoms. The molecule has 2 aliphatic carbocycles. The zero-order valence-corrected chi connectivity index (χ0v) is 14.7. The van der Waals surface area contributed by atoms with Gasteiger partial charge in [-0.05, 0) is 61.6 Å². The second kappa shape index (κ2) is 5.38. The molecule has 1 aliphatic heterocycles. The summed E-state index contributed by atoms with van der Waals surface area (Å²) in [5, 5.41) is 9.93. The van der Waals surface area contributed by atoms with Crippen LogP contribution in [0.25, 0.3) is 0 Å². The fourth-order valence-electron chi connectivity index (χ4n) is 5.15. The van der Waals surface area contributed by atoms with Gasteiger partial charge in [0.25, 0.3) is 0 Å². The van der Waals surface area contributed by atoms with Crippen LogP contribution in [0.1, 0.15) is 47.0 Å². The van der Waals surface area contributed by atoms with E-state index < -0.39 is 0 Å². The maximum Gasteiger partial charge on any atom is 0.111 e. The van der Waals surface area contributed by atoms with E-state index in [-0.39, 0.29) is 11.5 Å². The van der Waals surface area contributed by atoms with Crippen molar-refractivity contribution < 1.29 is 9.84 Å². The molecule has 1 N–H and O–H groups in total. The standard InChI is InChI=1S/C19H31NO2/c1-13(22-5)12-20-9-8-19(4)16-7-6-15(21)10-14(16)11-17(20)18(19,2)3/h6,10,13,16-17,21H,7-9,11-12H2,1-5H3/t13-,16?,17?,19?/m0/s1. The van der Waals surface area contributed by atoms with Crippen molar-refractivity contribution in [2.75, 3.05) is 20.2 Å². The van der Waals surface area contributed by atoms with Crippen LogP contribution >= 0.6 is 0 Å². The van der Waals surface area contributed by atoms with Crippen LogP contribution in [0.2, 0.25) is 0 Å². The molecule has 3 rings (SSSR count). The lowest BCUT2D eigenvalue weighted by atomic mass is 9.46. The highest BCUT2D eigenvalue weighted by atomic mass is 16.5. The third-order valence-electron chi connectivity index (χ3n) is 7.10. The lowest BCUT2D eigenvalue weighted by Gasteiger charge is -2.64. The monoisotopic (exact) mass is 305 g/mol. The summed E-state index contributed by atoms with van der Waals surface area (Å²) in [6.07, 6.45) is 7.63. The van der Waals surface area contributed by atoms with E-state index in [1.54, 1.807) is 7.11 Å². The molecule has 3 heteroatoms. The average Bonchev–Trinajstić information content (AvgIpc) is 2.45. The minimum absolute atomic E-state index is 0.270. The van der Waals surface area contributed by atoms with Crippen molar-refractivity contribution in [2.24, 2.45) is 16.7 Å². The van der Waals surface area contributed by atoms with Crippen LogP contribution in [0.5, 0.6) is 0 Å². The Hall–Kier alpha value is -0.800. The number of methoxy groups -OCH3 is 1. The van der Waals surface area contributed by atoms with E-state index in [1.807, 2.05) is 12.2 Å². The van der Waals surface area contributed by atoms with E-state index in [2.05, 4.69) is 32.6 Å². The summed E-state index contributed by atoms with van der Waals surface area (Å²) in [6, 6.07) is 0.539. The number of allylic oxidation sites excluding steroid dienone is 2. The molecule has 22 heavy (non-hydrogen) atoms. The molecule has 124 valence electrons. The smallest absolute Gasteiger partial charge is 0.111 e. The Morgan fingerprint density at radius 3 is 2.82 bits per heavy atom. The summed E-state index contributed by atoms with van der Waals surface area (Å²) in [7, 11) is 1.80. The quantitative estimate of drug-likeness (QED) is 0.858. The third kappa shape index (κ3) is 2.25. The number of hydrogen-bond acceptors (Lipinski definition) is 3. The van der Waals surface area contributed by atoms with Crippen LogP contribution in [-0.2, 0) is 4.74 Å². The van der Waals surface area contributed by atoms with E-state index in [0.717, 1.165) is 25.9 Å². The molecule has 0 radical (unpaired) electrons. The van der Waals surface area contributed by atoms with Crippen LogP contribution < -0.4 is 0 Å². The fourth-order valence-corrected chi connectivity index (χ4v) is 5.15. The number of piperidine rings is 1. The van der Waals surface area contributed by atoms with E-state index in [1.165, 1.54) is 12.0 Å². The first kappa shape index (κ1) is 16.1. The maximum atomic E-state index is 9.93. The first-order valence-corrected chi connectivity index (χ1v) is 8.66. The van der Waals surface area contributed by atoms with Crippen LogP contribution in [0.15, 0.2) is 23.5 Å². The minimum atomic E-state index is 0.270. The largest absolute Gasteiger partial charge is 0.508 e. The molecule has 3 unspecified atom stereocenters. The summed E-state index contributed by atoms with van der Waals surface area (Å²) in [5.41, 5.74) is 2.05. The van der Waals surface area contributed by atoms with Gasteiger partial charge < -0.3 is 9.84 Å². The molecule has 0 amide bonds. The average molecular weight is 305 g/mol. The first-order valence-electron chi connectivity index (χ1n) is 8.66. The lowest BCUT2D eigenvalue weighted by molar-refractivity contribution is -0.125. The van der Waals surface area contributed by atoms with Gasteiger partial charge in [0.15, 0.2) is 0 Å². The van der Waals surface area contributed by atoms with Gasteiger partial charge in [-0.15, -0.1) is 0 Å². The molecule has 3 aliphatic rings. The second-order valence-electron chi connectivity index (χ2n) is 8.29. The van der Waals surface area contributed by atoms with Crippen molar-refractivity contribution in [1.29, 1.82) is 0 Å². The molecule has 0 aromatic carbocycles. The van der Waals surface area contributed by atoms with Gasteiger partial charge >= 0.3 is 0 Å². The van der Waals surface area contributed by atoms with Crippen LogP contribution in [-0.4, -0.2) is 42.4 Å². The molecule has 1 saturated carbocycles. The Bertz CT molecular complexity index is 508. The fraction of sp³-hybridized carbons (Fsp3) is 0.789. The Morgan fingerprint density at radius 1 is 1.41 bits per heavy atom. The van der Waals surface area contributed by atoms with Gasteiger partial charge in [-0.25, -0.2) is 0 Å². The molecule has 0 spiro atoms. The number of rotatable bonds is 3. The minimum Gasteiger partial charge on any atom is -0.508 e. The van der Waals surface area contributed by atoms with Gasteiger partial charge in [0.2, 0.25) is 0 Å². The molecular weight excluding hydrogens is 274 g/mol. The zero-order valence-electron chi connectivity index (χ0n) is 14.7. The van der Waals surface area contributed by atoms with Gasteiger partial charge in [-0.2, -0.15) is 0 Å². The van der Waals surface area contributed by atoms with Crippen molar-refractivity contribution in [3.8, 4) is 0 Å². The molecule has 4 atom stereocenters. The van der Waals surface area contributed by atoms with Crippen LogP contribution in [0.4, 0.5) is 0 Å². The summed E-state index contributed by atoms with van der Waals surface area (Å²) >= 11 is 0. The predicted molar refractivity (Wildman–Crippen MR) is 89.9 cm³/mol. The highest BCUT2D eigenvalue weighted by molar-refractivity contribution is 5.33. The molecule has 1 saturated heterocycles. The van der Waals surface area contributed by atoms with E-state index in [4.69, 9.17) is 4.74 Å². The number of ether oxygens (including phenoxy) is 1. The predicted octanol–water partition coefficient (Wildman–Crippen LogP) is 3.92. The maximum absolute atomic E-state index is 9.93. The molecular formula is C19H31NO2. The van der Waals surface area contributed by atoms with Crippen molar-refractivity contribution in [3.05, 3.63) is 23.5 Å². The van der Waals surface area contributed by atoms with Gasteiger partial charge in [0, 0.05) is 19.7 Å². The number of fused-ring (bicyclic) bond motifs is 4. The highest BCUT2D eigenvalue weighted by Crippen LogP contribution is 2.62. The summed E-state index contributed by atoms with van der Waals surface area (Å²) in [4.78, 5) is 2.63. The Morgan fingerprint density at radius 2 is 2.14 bits per heavy atom. The number of aliphatic hydroxyl groups excluding tert-OH is 1. The Balaban J connectivity index is 1.94. The molecule has 0 aromatic heterocycles. The number of nitrogens with zero attached hydrogens (tertiary/aromatic N) is 1. The van der Waals surface area contributed by atoms with Crippen molar-refractivity contribution in [1.82, 2.24) is 4.90 Å². The molecule has 3 nitrogen and oxygen atoms in total. The normalized spacial score (nSPS) is 38.8. The van der Waals surface area contributed by atoms with E-state index >= 15 is 0 Å². The summed E-state index contributed by atoms with van der Waals surface area (Å²) < 4.78 is 5.50. The Labute approximate surface area is 135 Å². The van der Waals surface area contributed by atoms with Crippen LogP contribution in [0, 0.1) is 16.7 Å². The summed E-state index contributed by atoms with van der Waals surface area (Å²) in [6.45, 7) is 11.7. The topological polar surface area (TPSA) is 32.7 Å². The van der Waals surface area contributed by atoms with Crippen molar-refractivity contribution in [2.45, 2.75) is 59.1 Å². The SMILES string of the molecule is CO[C@@H](C)CN1CCC2(C)C3CC=C(O)C=C3CC1C2(C)C. The molecule has 0 aromatic rings. The highest BCUT2D eigenvalue weighted by Gasteiger charge is 2.59. The summed E-state index contributed by atoms with van der Waals surface area (Å²) in [5.74, 6) is 1.06. The van der Waals surface area contributed by atoms with Crippen molar-refractivity contribution in [3.63, 3.8) is 0 Å². The van der Waals surface area contributed by atoms with Gasteiger partial charge in [0.1, 0.15) is 5.76 Å². The third-order valence-corrected chi connectivity index (χ3v) is 7.10. The van der Waals surface area contributed by atoms with Gasteiger partial charge in [0.05, 0.1) is 6.10 Å². The molecule has 2 fully saturated rings. The Kier molecular flexibility index (Phi) is 3.93. The number of hydrogen-bond donors (Lipinski definition) is 1. The first-order chi connectivity index (χ1) is 10.3. The molecule has 1 heterocycles. The van der Waals surface area contributed by atoms with Gasteiger partial charge in [-0.1, -0.05) is 26.3 Å². The van der Waals surface area contributed by atoms with E-state index in [0.29, 0.717) is 23.1 Å². The zero-order chi connectivity index (χ0) is 16.1. The second-order valence-corrected chi connectivity index (χ2v) is 8.29. The van der Waals surface area contributed by atoms with Gasteiger partial charge in [-0.3, -0.25) is 4.90 Å². The van der Waals surface area contributed by atoms with E-state index in [9.17, 15) is 5.11 Å². The van der Waals surface area contributed by atoms with Crippen molar-refractivity contribution >= 4 is 0 Å². The number of likely N-dealkylation sites (tertiary alicyclic amines) is 1.